The van der Waals surface area contributed by atoms with E-state index in [2.05, 4.69) is 195 Å². The van der Waals surface area contributed by atoms with Crippen LogP contribution in [0.4, 0.5) is 17.1 Å². The number of para-hydroxylation sites is 1. The summed E-state index contributed by atoms with van der Waals surface area (Å²) in [5.74, 6) is 0. The second kappa shape index (κ2) is 11.6. The molecule has 0 bridgehead atoms. The Morgan fingerprint density at radius 2 is 1.06 bits per heavy atom. The molecule has 0 saturated heterocycles. The first-order valence-corrected chi connectivity index (χ1v) is 18.5. The van der Waals surface area contributed by atoms with Crippen molar-refractivity contribution in [3.8, 4) is 33.4 Å². The molecule has 1 aromatic heterocycles. The van der Waals surface area contributed by atoms with Crippen LogP contribution >= 0.6 is 11.3 Å². The molecule has 1 heterocycles. The van der Waals surface area contributed by atoms with Crippen molar-refractivity contribution in [1.82, 2.24) is 0 Å². The van der Waals surface area contributed by atoms with E-state index < -0.39 is 0 Å². The van der Waals surface area contributed by atoms with Crippen LogP contribution in [0.1, 0.15) is 25.0 Å². The molecule has 0 saturated carbocycles. The van der Waals surface area contributed by atoms with Gasteiger partial charge in [0.1, 0.15) is 0 Å². The van der Waals surface area contributed by atoms with Gasteiger partial charge >= 0.3 is 0 Å². The predicted octanol–water partition coefficient (Wildman–Crippen LogP) is 14.3. The maximum absolute atomic E-state index is 2.51. The van der Waals surface area contributed by atoms with E-state index in [0.717, 1.165) is 11.4 Å². The van der Waals surface area contributed by atoms with Gasteiger partial charge in [-0.15, -0.1) is 11.3 Å². The van der Waals surface area contributed by atoms with Gasteiger partial charge in [-0.05, 0) is 86.1 Å². The smallest absolute Gasteiger partial charge is 0.0555 e. The third-order valence-corrected chi connectivity index (χ3v) is 12.0. The number of benzene rings is 8. The summed E-state index contributed by atoms with van der Waals surface area (Å²) in [7, 11) is 0. The van der Waals surface area contributed by atoms with Gasteiger partial charge in [-0.25, -0.2) is 0 Å². The Kier molecular flexibility index (Phi) is 6.78. The highest BCUT2D eigenvalue weighted by Gasteiger charge is 2.37. The van der Waals surface area contributed by atoms with Crippen LogP contribution in [0.2, 0.25) is 0 Å². The van der Waals surface area contributed by atoms with Gasteiger partial charge in [0.05, 0.1) is 11.4 Å². The number of rotatable bonds is 5. The summed E-state index contributed by atoms with van der Waals surface area (Å²) in [4.78, 5) is 2.51. The molecule has 0 fully saturated rings. The lowest BCUT2D eigenvalue weighted by Crippen LogP contribution is -2.15. The molecule has 0 spiro atoms. The molecule has 1 nitrogen and oxygen atoms in total. The maximum atomic E-state index is 2.51. The normalized spacial score (nSPS) is 13.1. The van der Waals surface area contributed by atoms with E-state index in [0.29, 0.717) is 0 Å². The largest absolute Gasteiger partial charge is 0.309 e. The van der Waals surface area contributed by atoms with Gasteiger partial charge in [-0.2, -0.15) is 0 Å². The Hall–Kier alpha value is -5.96. The number of thiophene rings is 1. The van der Waals surface area contributed by atoms with Crippen LogP contribution in [0.25, 0.3) is 64.3 Å². The van der Waals surface area contributed by atoms with Crippen molar-refractivity contribution in [2.75, 3.05) is 4.90 Å². The summed E-state index contributed by atoms with van der Waals surface area (Å²) in [6.07, 6.45) is 0. The lowest BCUT2D eigenvalue weighted by Gasteiger charge is -2.30. The minimum Gasteiger partial charge on any atom is -0.309 e. The zero-order chi connectivity index (χ0) is 34.1. The molecular weight excluding hydrogens is 635 g/mol. The Bertz CT molecular complexity index is 2800. The van der Waals surface area contributed by atoms with Crippen LogP contribution < -0.4 is 4.90 Å². The fraction of sp³-hybridized carbons (Fsp3) is 0.0612. The van der Waals surface area contributed by atoms with E-state index in [1.807, 2.05) is 11.3 Å². The summed E-state index contributed by atoms with van der Waals surface area (Å²) in [6.45, 7) is 4.72. The molecule has 0 radical (unpaired) electrons. The molecule has 51 heavy (non-hydrogen) atoms. The second-order valence-electron chi connectivity index (χ2n) is 14.1. The lowest BCUT2D eigenvalue weighted by molar-refractivity contribution is 0.660. The standard InChI is InChI=1S/C49H35NS/c1-49(2)41-25-8-5-21-39(41)47-38(24-13-26-42(47)49)37-20-6-9-27-43(37)50(44-28-14-30-46-48(44)40-22-7-10-29-45(40)51-46)34-18-11-17-33(31-34)36-23-12-16-32-15-3-4-19-35(32)36/h3-31H,1-2H3. The molecule has 0 aliphatic heterocycles. The van der Waals surface area contributed by atoms with Gasteiger partial charge in [0, 0.05) is 36.8 Å². The number of hydrogen-bond donors (Lipinski definition) is 0. The summed E-state index contributed by atoms with van der Waals surface area (Å²) in [5.41, 5.74) is 13.7. The van der Waals surface area contributed by atoms with Crippen LogP contribution in [0.3, 0.4) is 0 Å². The van der Waals surface area contributed by atoms with E-state index in [1.165, 1.54) is 81.1 Å². The van der Waals surface area contributed by atoms with Crippen molar-refractivity contribution in [3.63, 3.8) is 0 Å². The first-order valence-electron chi connectivity index (χ1n) is 17.7. The van der Waals surface area contributed by atoms with Crippen molar-refractivity contribution in [2.45, 2.75) is 19.3 Å². The average molecular weight is 670 g/mol. The summed E-state index contributed by atoms with van der Waals surface area (Å²) >= 11 is 1.87. The van der Waals surface area contributed by atoms with Crippen LogP contribution in [0.5, 0.6) is 0 Å². The SMILES string of the molecule is CC1(C)c2ccccc2-c2c(-c3ccccc3N(c3cccc(-c4cccc5ccccc45)c3)c3cccc4sc5ccccc5c34)cccc21. The van der Waals surface area contributed by atoms with Gasteiger partial charge in [0.2, 0.25) is 0 Å². The van der Waals surface area contributed by atoms with Crippen LogP contribution in [0.15, 0.2) is 176 Å². The highest BCUT2D eigenvalue weighted by atomic mass is 32.1. The highest BCUT2D eigenvalue weighted by Crippen LogP contribution is 2.54. The van der Waals surface area contributed by atoms with Crippen LogP contribution in [0, 0.1) is 0 Å². The minimum atomic E-state index is -0.0788. The molecule has 10 rings (SSSR count). The van der Waals surface area contributed by atoms with Gasteiger partial charge in [-0.1, -0.05) is 153 Å². The Morgan fingerprint density at radius 1 is 0.451 bits per heavy atom. The molecule has 242 valence electrons. The monoisotopic (exact) mass is 669 g/mol. The quantitative estimate of drug-likeness (QED) is 0.176. The van der Waals surface area contributed by atoms with Crippen LogP contribution in [-0.4, -0.2) is 0 Å². The van der Waals surface area contributed by atoms with E-state index in [4.69, 9.17) is 0 Å². The number of fused-ring (bicyclic) bond motifs is 7. The first kappa shape index (κ1) is 29.9. The second-order valence-corrected chi connectivity index (χ2v) is 15.2. The minimum absolute atomic E-state index is 0.0788. The van der Waals surface area contributed by atoms with Crippen LogP contribution in [-0.2, 0) is 5.41 Å². The lowest BCUT2D eigenvalue weighted by atomic mass is 9.82. The zero-order valence-electron chi connectivity index (χ0n) is 28.6. The fourth-order valence-electron chi connectivity index (χ4n) is 8.52. The van der Waals surface area contributed by atoms with Gasteiger partial charge < -0.3 is 4.90 Å². The van der Waals surface area contributed by atoms with Crippen molar-refractivity contribution in [2.24, 2.45) is 0 Å². The van der Waals surface area contributed by atoms with Gasteiger partial charge in [-0.3, -0.25) is 0 Å². The first-order chi connectivity index (χ1) is 25.1. The maximum Gasteiger partial charge on any atom is 0.0555 e. The van der Waals surface area contributed by atoms with Crippen molar-refractivity contribution < 1.29 is 0 Å². The summed E-state index contributed by atoms with van der Waals surface area (Å²) < 4.78 is 2.59. The molecule has 1 aliphatic carbocycles. The van der Waals surface area contributed by atoms with E-state index in [1.54, 1.807) is 0 Å². The molecule has 8 aromatic carbocycles. The van der Waals surface area contributed by atoms with Crippen molar-refractivity contribution >= 4 is 59.3 Å². The Balaban J connectivity index is 1.26. The van der Waals surface area contributed by atoms with Crippen molar-refractivity contribution in [3.05, 3.63) is 187 Å². The predicted molar refractivity (Wildman–Crippen MR) is 220 cm³/mol. The molecule has 0 unspecified atom stereocenters. The third-order valence-electron chi connectivity index (χ3n) is 10.9. The number of anilines is 3. The number of hydrogen-bond acceptors (Lipinski definition) is 2. The van der Waals surface area contributed by atoms with Gasteiger partial charge in [0.15, 0.2) is 0 Å². The molecule has 0 N–H and O–H groups in total. The molecule has 0 amide bonds. The van der Waals surface area contributed by atoms with E-state index in [-0.39, 0.29) is 5.41 Å². The van der Waals surface area contributed by atoms with E-state index >= 15 is 0 Å². The topological polar surface area (TPSA) is 3.24 Å². The Morgan fingerprint density at radius 3 is 1.98 bits per heavy atom. The third kappa shape index (κ3) is 4.60. The molecule has 0 atom stereocenters. The molecular formula is C49H35NS. The fourth-order valence-corrected chi connectivity index (χ4v) is 9.64. The molecule has 9 aromatic rings. The molecule has 1 aliphatic rings. The van der Waals surface area contributed by atoms with E-state index in [9.17, 15) is 0 Å². The summed E-state index contributed by atoms with van der Waals surface area (Å²) in [6, 6.07) is 64.9. The number of nitrogens with zero attached hydrogens (tertiary/aromatic N) is 1. The zero-order valence-corrected chi connectivity index (χ0v) is 29.4. The average Bonchev–Trinajstić information content (AvgIpc) is 3.68. The highest BCUT2D eigenvalue weighted by molar-refractivity contribution is 7.26. The van der Waals surface area contributed by atoms with Crippen molar-refractivity contribution in [1.29, 1.82) is 0 Å². The molecule has 2 heteroatoms. The van der Waals surface area contributed by atoms with Gasteiger partial charge in [0.25, 0.3) is 0 Å². The summed E-state index contributed by atoms with van der Waals surface area (Å²) in [5, 5.41) is 5.08. The Labute approximate surface area is 302 Å².